The molecule has 3 unspecified atom stereocenters. The molecule has 0 spiro atoms. The Bertz CT molecular complexity index is 501. The Morgan fingerprint density at radius 3 is 2.82 bits per heavy atom. The highest BCUT2D eigenvalue weighted by Gasteiger charge is 2.30. The van der Waals surface area contributed by atoms with Crippen molar-refractivity contribution >= 4 is 17.5 Å². The van der Waals surface area contributed by atoms with Gasteiger partial charge in [0.25, 0.3) is 0 Å². The molecule has 1 aromatic carbocycles. The van der Waals surface area contributed by atoms with Crippen LogP contribution in [0.1, 0.15) is 30.9 Å². The molecule has 0 radical (unpaired) electrons. The van der Waals surface area contributed by atoms with Crippen molar-refractivity contribution < 1.29 is 4.79 Å². The molecule has 3 rings (SSSR count). The molecule has 0 aliphatic carbocycles. The fourth-order valence-electron chi connectivity index (χ4n) is 3.13. The molecule has 4 N–H and O–H groups in total. The van der Waals surface area contributed by atoms with E-state index in [1.807, 2.05) is 24.3 Å². The fraction of sp³-hybridized carbons (Fsp3) is 0.562. The maximum absolute atomic E-state index is 12.2. The first-order valence-corrected chi connectivity index (χ1v) is 8.35. The zero-order valence-electron chi connectivity index (χ0n) is 12.6. The summed E-state index contributed by atoms with van der Waals surface area (Å²) in [5.74, 6) is 0.784. The molecule has 2 aliphatic rings. The summed E-state index contributed by atoms with van der Waals surface area (Å²) in [6, 6.07) is 7.71. The zero-order valence-corrected chi connectivity index (χ0v) is 13.3. The molecule has 0 saturated carbocycles. The highest BCUT2D eigenvalue weighted by atomic mass is 35.5. The van der Waals surface area contributed by atoms with E-state index in [2.05, 4.69) is 21.5 Å². The standard InChI is InChI=1S/C16H23ClN4O/c17-13-3-1-12(2-4-13)14-9-15(21-20-14)16(22)19-8-6-11-5-7-18-10-11/h1-4,11,14-15,18,20-21H,5-10H2,(H,19,22). The molecule has 1 amide bonds. The van der Waals surface area contributed by atoms with Crippen molar-refractivity contribution in [2.75, 3.05) is 19.6 Å². The summed E-state index contributed by atoms with van der Waals surface area (Å²) in [6.07, 6.45) is 3.02. The number of hydrogen-bond acceptors (Lipinski definition) is 4. The molecule has 0 aromatic heterocycles. The minimum atomic E-state index is -0.178. The summed E-state index contributed by atoms with van der Waals surface area (Å²) < 4.78 is 0. The monoisotopic (exact) mass is 322 g/mol. The number of amides is 1. The Hall–Kier alpha value is -1.14. The van der Waals surface area contributed by atoms with E-state index in [0.717, 1.165) is 43.1 Å². The maximum Gasteiger partial charge on any atom is 0.238 e. The number of carbonyl (C=O) groups excluding carboxylic acids is 1. The lowest BCUT2D eigenvalue weighted by atomic mass is 10.0. The average molecular weight is 323 g/mol. The molecule has 6 heteroatoms. The highest BCUT2D eigenvalue weighted by molar-refractivity contribution is 6.30. The summed E-state index contributed by atoms with van der Waals surface area (Å²) in [6.45, 7) is 2.95. The third-order valence-electron chi connectivity index (χ3n) is 4.51. The van der Waals surface area contributed by atoms with Crippen molar-refractivity contribution in [3.63, 3.8) is 0 Å². The smallest absolute Gasteiger partial charge is 0.238 e. The largest absolute Gasteiger partial charge is 0.355 e. The van der Waals surface area contributed by atoms with Crippen LogP contribution in [-0.4, -0.2) is 31.6 Å². The van der Waals surface area contributed by atoms with Crippen LogP contribution in [-0.2, 0) is 4.79 Å². The summed E-state index contributed by atoms with van der Waals surface area (Å²) in [4.78, 5) is 12.2. The molecule has 2 aliphatic heterocycles. The second-order valence-electron chi connectivity index (χ2n) is 6.12. The first kappa shape index (κ1) is 15.7. The van der Waals surface area contributed by atoms with Gasteiger partial charge in [-0.15, -0.1) is 0 Å². The van der Waals surface area contributed by atoms with Crippen LogP contribution in [0.3, 0.4) is 0 Å². The normalized spacial score (nSPS) is 28.0. The summed E-state index contributed by atoms with van der Waals surface area (Å²) >= 11 is 5.90. The van der Waals surface area contributed by atoms with Gasteiger partial charge in [0, 0.05) is 17.6 Å². The average Bonchev–Trinajstić information content (AvgIpc) is 3.19. The van der Waals surface area contributed by atoms with E-state index >= 15 is 0 Å². The van der Waals surface area contributed by atoms with Crippen LogP contribution in [0.2, 0.25) is 5.02 Å². The number of benzene rings is 1. The van der Waals surface area contributed by atoms with Crippen LogP contribution in [0.25, 0.3) is 0 Å². The lowest BCUT2D eigenvalue weighted by Crippen LogP contribution is -2.43. The van der Waals surface area contributed by atoms with Crippen molar-refractivity contribution in [3.05, 3.63) is 34.9 Å². The summed E-state index contributed by atoms with van der Waals surface area (Å²) in [7, 11) is 0. The first-order valence-electron chi connectivity index (χ1n) is 7.97. The van der Waals surface area contributed by atoms with E-state index in [9.17, 15) is 4.79 Å². The SMILES string of the molecule is O=C(NCCC1CCNC1)C1CC(c2ccc(Cl)cc2)NN1. The van der Waals surface area contributed by atoms with Crippen molar-refractivity contribution in [1.82, 2.24) is 21.5 Å². The van der Waals surface area contributed by atoms with Crippen LogP contribution in [0.15, 0.2) is 24.3 Å². The fourth-order valence-corrected chi connectivity index (χ4v) is 3.25. The Morgan fingerprint density at radius 2 is 2.09 bits per heavy atom. The number of rotatable bonds is 5. The van der Waals surface area contributed by atoms with Gasteiger partial charge in [0.2, 0.25) is 5.91 Å². The van der Waals surface area contributed by atoms with Crippen LogP contribution in [0.4, 0.5) is 0 Å². The van der Waals surface area contributed by atoms with Crippen LogP contribution in [0, 0.1) is 5.92 Å². The second-order valence-corrected chi connectivity index (χ2v) is 6.56. The zero-order chi connectivity index (χ0) is 15.4. The van der Waals surface area contributed by atoms with Crippen molar-refractivity contribution in [2.45, 2.75) is 31.3 Å². The molecular weight excluding hydrogens is 300 g/mol. The van der Waals surface area contributed by atoms with Crippen LogP contribution >= 0.6 is 11.6 Å². The van der Waals surface area contributed by atoms with Gasteiger partial charge in [-0.25, -0.2) is 10.9 Å². The van der Waals surface area contributed by atoms with E-state index < -0.39 is 0 Å². The molecule has 22 heavy (non-hydrogen) atoms. The van der Waals surface area contributed by atoms with E-state index in [-0.39, 0.29) is 18.0 Å². The minimum Gasteiger partial charge on any atom is -0.355 e. The number of carbonyl (C=O) groups is 1. The number of hydrogen-bond donors (Lipinski definition) is 4. The number of halogens is 1. The molecule has 1 aromatic rings. The van der Waals surface area contributed by atoms with Gasteiger partial charge >= 0.3 is 0 Å². The molecule has 2 saturated heterocycles. The van der Waals surface area contributed by atoms with Crippen molar-refractivity contribution in [1.29, 1.82) is 0 Å². The topological polar surface area (TPSA) is 65.2 Å². The Labute approximate surface area is 136 Å². The van der Waals surface area contributed by atoms with Gasteiger partial charge in [-0.2, -0.15) is 0 Å². The van der Waals surface area contributed by atoms with E-state index in [4.69, 9.17) is 11.6 Å². The van der Waals surface area contributed by atoms with Gasteiger partial charge in [-0.1, -0.05) is 23.7 Å². The predicted octanol–water partition coefficient (Wildman–Crippen LogP) is 1.36. The Kier molecular flexibility index (Phi) is 5.31. The number of nitrogens with one attached hydrogen (secondary N) is 4. The van der Waals surface area contributed by atoms with Crippen LogP contribution < -0.4 is 21.5 Å². The third-order valence-corrected chi connectivity index (χ3v) is 4.76. The highest BCUT2D eigenvalue weighted by Crippen LogP contribution is 2.23. The lowest BCUT2D eigenvalue weighted by Gasteiger charge is -2.12. The third kappa shape index (κ3) is 3.98. The second kappa shape index (κ2) is 7.42. The molecule has 2 fully saturated rings. The Balaban J connectivity index is 1.43. The van der Waals surface area contributed by atoms with Gasteiger partial charge < -0.3 is 10.6 Å². The predicted molar refractivity (Wildman–Crippen MR) is 87.5 cm³/mol. The van der Waals surface area contributed by atoms with Crippen molar-refractivity contribution in [3.8, 4) is 0 Å². The molecule has 3 atom stereocenters. The van der Waals surface area contributed by atoms with E-state index in [0.29, 0.717) is 5.92 Å². The van der Waals surface area contributed by atoms with Gasteiger partial charge in [-0.05, 0) is 56.0 Å². The van der Waals surface area contributed by atoms with Crippen molar-refractivity contribution in [2.24, 2.45) is 5.92 Å². The number of hydrazine groups is 1. The molecule has 0 bridgehead atoms. The van der Waals surface area contributed by atoms with E-state index in [1.165, 1.54) is 6.42 Å². The molecule has 5 nitrogen and oxygen atoms in total. The van der Waals surface area contributed by atoms with Crippen LogP contribution in [0.5, 0.6) is 0 Å². The lowest BCUT2D eigenvalue weighted by molar-refractivity contribution is -0.122. The quantitative estimate of drug-likeness (QED) is 0.661. The van der Waals surface area contributed by atoms with E-state index in [1.54, 1.807) is 0 Å². The van der Waals surface area contributed by atoms with Gasteiger partial charge in [-0.3, -0.25) is 4.79 Å². The summed E-state index contributed by atoms with van der Waals surface area (Å²) in [5.41, 5.74) is 7.42. The summed E-state index contributed by atoms with van der Waals surface area (Å²) in [5, 5.41) is 7.12. The first-order chi connectivity index (χ1) is 10.7. The van der Waals surface area contributed by atoms with Gasteiger partial charge in [0.15, 0.2) is 0 Å². The molecule has 120 valence electrons. The minimum absolute atomic E-state index is 0.0786. The molecular formula is C16H23ClN4O. The van der Waals surface area contributed by atoms with Gasteiger partial charge in [0.05, 0.1) is 0 Å². The van der Waals surface area contributed by atoms with Gasteiger partial charge in [0.1, 0.15) is 6.04 Å². The molecule has 2 heterocycles. The maximum atomic E-state index is 12.2. The Morgan fingerprint density at radius 1 is 1.27 bits per heavy atom.